The van der Waals surface area contributed by atoms with Crippen molar-refractivity contribution in [3.05, 3.63) is 42.4 Å². The Morgan fingerprint density at radius 3 is 2.69 bits per heavy atom. The Morgan fingerprint density at radius 1 is 1.15 bits per heavy atom. The summed E-state index contributed by atoms with van der Waals surface area (Å²) < 4.78 is 2.28. The van der Waals surface area contributed by atoms with Gasteiger partial charge in [0.15, 0.2) is 0 Å². The van der Waals surface area contributed by atoms with Crippen molar-refractivity contribution >= 4 is 10.9 Å². The molecule has 2 aromatic rings. The van der Waals surface area contributed by atoms with E-state index in [0.717, 1.165) is 6.54 Å². The van der Waals surface area contributed by atoms with E-state index in [-0.39, 0.29) is 0 Å². The molecule has 2 rings (SSSR count). The molecule has 1 heteroatoms. The van der Waals surface area contributed by atoms with Crippen LogP contribution in [-0.2, 0) is 6.54 Å². The van der Waals surface area contributed by atoms with Gasteiger partial charge in [-0.2, -0.15) is 0 Å². The first-order chi connectivity index (χ1) is 6.27. The molecule has 0 saturated heterocycles. The van der Waals surface area contributed by atoms with Crippen molar-refractivity contribution in [2.45, 2.75) is 20.4 Å². The molecule has 1 heterocycles. The summed E-state index contributed by atoms with van der Waals surface area (Å²) in [4.78, 5) is 0. The minimum atomic E-state index is 1.02. The number of hydrogen-bond donors (Lipinski definition) is 0. The van der Waals surface area contributed by atoms with E-state index in [1.54, 1.807) is 0 Å². The van der Waals surface area contributed by atoms with Gasteiger partial charge >= 0.3 is 0 Å². The summed E-state index contributed by atoms with van der Waals surface area (Å²) in [7, 11) is 0. The van der Waals surface area contributed by atoms with Gasteiger partial charge in [-0.05, 0) is 23.4 Å². The van der Waals surface area contributed by atoms with Crippen molar-refractivity contribution in [1.82, 2.24) is 4.57 Å². The molecule has 0 N–H and O–H groups in total. The molecule has 67 valence electrons. The van der Waals surface area contributed by atoms with Crippen LogP contribution in [0.25, 0.3) is 10.9 Å². The van der Waals surface area contributed by atoms with Crippen LogP contribution in [-0.4, -0.2) is 4.57 Å². The third-order valence-corrected chi connectivity index (χ3v) is 2.17. The first-order valence-corrected chi connectivity index (χ1v) is 4.60. The van der Waals surface area contributed by atoms with Crippen molar-refractivity contribution in [2.24, 2.45) is 0 Å². The van der Waals surface area contributed by atoms with Crippen LogP contribution in [0.15, 0.2) is 36.5 Å². The Bertz CT molecular complexity index is 398. The van der Waals surface area contributed by atoms with Crippen molar-refractivity contribution in [3.63, 3.8) is 0 Å². The minimum absolute atomic E-state index is 1.02. The van der Waals surface area contributed by atoms with Gasteiger partial charge in [-0.1, -0.05) is 32.0 Å². The summed E-state index contributed by atoms with van der Waals surface area (Å²) in [6.45, 7) is 5.34. The highest BCUT2D eigenvalue weighted by Crippen LogP contribution is 2.16. The molecule has 1 aromatic carbocycles. The largest absolute Gasteiger partial charge is 0.347 e. The van der Waals surface area contributed by atoms with E-state index in [0.29, 0.717) is 0 Å². The highest BCUT2D eigenvalue weighted by Gasteiger charge is 2.01. The summed E-state index contributed by atoms with van der Waals surface area (Å²) in [6.07, 6.45) is 2.15. The summed E-state index contributed by atoms with van der Waals surface area (Å²) in [5, 5.41) is 1.32. The summed E-state index contributed by atoms with van der Waals surface area (Å²) in [6, 6.07) is 10.6. The predicted molar refractivity (Wildman–Crippen MR) is 56.5 cm³/mol. The molecule has 0 amide bonds. The Morgan fingerprint density at radius 2 is 1.92 bits per heavy atom. The maximum atomic E-state index is 2.28. The average molecular weight is 172 g/mol. The van der Waals surface area contributed by atoms with Crippen LogP contribution in [0, 0.1) is 5.92 Å². The lowest BCUT2D eigenvalue weighted by atomic mass is 10.2. The standard InChI is InChI=1S/C12H14N/c1-10(2)9-13-8-7-11-5-3-4-6-12(11)13/h3-8H,9H2,1-2H3. The fraction of sp³-hybridized carbons (Fsp3) is 0.250. The second kappa shape index (κ2) is 3.25. The number of benzene rings is 1. The quantitative estimate of drug-likeness (QED) is 0.655. The molecule has 1 aromatic heterocycles. The zero-order valence-electron chi connectivity index (χ0n) is 8.12. The third-order valence-electron chi connectivity index (χ3n) is 2.17. The average Bonchev–Trinajstić information content (AvgIpc) is 2.48. The van der Waals surface area contributed by atoms with Gasteiger partial charge in [0.1, 0.15) is 0 Å². The predicted octanol–water partition coefficient (Wildman–Crippen LogP) is 3.26. The maximum Gasteiger partial charge on any atom is 0.0480 e. The van der Waals surface area contributed by atoms with E-state index in [1.165, 1.54) is 16.8 Å². The van der Waals surface area contributed by atoms with Crippen LogP contribution in [0.2, 0.25) is 0 Å². The number of hydrogen-bond acceptors (Lipinski definition) is 0. The van der Waals surface area contributed by atoms with Gasteiger partial charge in [0.2, 0.25) is 0 Å². The molecule has 0 unspecified atom stereocenters. The van der Waals surface area contributed by atoms with Crippen molar-refractivity contribution in [1.29, 1.82) is 0 Å². The van der Waals surface area contributed by atoms with Gasteiger partial charge in [0, 0.05) is 18.3 Å². The van der Waals surface area contributed by atoms with E-state index in [1.807, 2.05) is 0 Å². The smallest absolute Gasteiger partial charge is 0.0480 e. The molecule has 0 aliphatic carbocycles. The van der Waals surface area contributed by atoms with Gasteiger partial charge < -0.3 is 4.57 Å². The lowest BCUT2D eigenvalue weighted by Gasteiger charge is -2.07. The number of para-hydroxylation sites is 1. The molecule has 0 bridgehead atoms. The molecule has 0 saturated carbocycles. The fourth-order valence-corrected chi connectivity index (χ4v) is 1.62. The summed E-state index contributed by atoms with van der Waals surface area (Å²) in [5.41, 5.74) is 1.32. The maximum absolute atomic E-state index is 2.28. The molecule has 0 aliphatic heterocycles. The van der Waals surface area contributed by atoms with E-state index in [4.69, 9.17) is 0 Å². The monoisotopic (exact) mass is 172 g/mol. The lowest BCUT2D eigenvalue weighted by molar-refractivity contribution is 0.738. The second-order valence-corrected chi connectivity index (χ2v) is 3.71. The van der Waals surface area contributed by atoms with Crippen molar-refractivity contribution in [2.75, 3.05) is 0 Å². The Labute approximate surface area is 79.0 Å². The molecule has 0 atom stereocenters. The lowest BCUT2D eigenvalue weighted by Crippen LogP contribution is -2.00. The second-order valence-electron chi connectivity index (χ2n) is 3.71. The fourth-order valence-electron chi connectivity index (χ4n) is 1.62. The van der Waals surface area contributed by atoms with Gasteiger partial charge in [-0.25, -0.2) is 0 Å². The zero-order chi connectivity index (χ0) is 9.26. The number of rotatable bonds is 2. The van der Waals surface area contributed by atoms with E-state index >= 15 is 0 Å². The van der Waals surface area contributed by atoms with Gasteiger partial charge in [-0.3, -0.25) is 0 Å². The molecular formula is C12H14N. The van der Waals surface area contributed by atoms with E-state index in [9.17, 15) is 0 Å². The molecule has 1 radical (unpaired) electrons. The van der Waals surface area contributed by atoms with Crippen LogP contribution in [0.1, 0.15) is 13.8 Å². The topological polar surface area (TPSA) is 4.93 Å². The molecule has 1 nitrogen and oxygen atoms in total. The normalized spacial score (nSPS) is 11.3. The number of aromatic nitrogens is 1. The van der Waals surface area contributed by atoms with Crippen molar-refractivity contribution in [3.8, 4) is 0 Å². The van der Waals surface area contributed by atoms with Gasteiger partial charge in [-0.15, -0.1) is 0 Å². The van der Waals surface area contributed by atoms with Gasteiger partial charge in [0.05, 0.1) is 0 Å². The summed E-state index contributed by atoms with van der Waals surface area (Å²) >= 11 is 0. The SMILES string of the molecule is C[C](C)Cn1ccc2ccccc21. The molecular weight excluding hydrogens is 158 g/mol. The van der Waals surface area contributed by atoms with Crippen LogP contribution >= 0.6 is 0 Å². The summed E-state index contributed by atoms with van der Waals surface area (Å²) in [5.74, 6) is 1.43. The first-order valence-electron chi connectivity index (χ1n) is 4.60. The van der Waals surface area contributed by atoms with Crippen LogP contribution in [0.3, 0.4) is 0 Å². The third kappa shape index (κ3) is 1.59. The van der Waals surface area contributed by atoms with Crippen LogP contribution in [0.4, 0.5) is 0 Å². The minimum Gasteiger partial charge on any atom is -0.347 e. The molecule has 13 heavy (non-hydrogen) atoms. The highest BCUT2D eigenvalue weighted by atomic mass is 15.0. The molecule has 0 spiro atoms. The zero-order valence-corrected chi connectivity index (χ0v) is 8.12. The Hall–Kier alpha value is -1.24. The number of fused-ring (bicyclic) bond motifs is 1. The Balaban J connectivity index is 2.46. The Kier molecular flexibility index (Phi) is 2.09. The number of nitrogens with zero attached hydrogens (tertiary/aromatic N) is 1. The van der Waals surface area contributed by atoms with Crippen LogP contribution in [0.5, 0.6) is 0 Å². The van der Waals surface area contributed by atoms with Crippen LogP contribution < -0.4 is 0 Å². The van der Waals surface area contributed by atoms with Gasteiger partial charge in [0.25, 0.3) is 0 Å². The first kappa shape index (κ1) is 8.36. The molecule has 0 fully saturated rings. The van der Waals surface area contributed by atoms with Crippen molar-refractivity contribution < 1.29 is 0 Å². The highest BCUT2D eigenvalue weighted by molar-refractivity contribution is 5.79. The van der Waals surface area contributed by atoms with E-state index < -0.39 is 0 Å². The molecule has 0 aliphatic rings. The van der Waals surface area contributed by atoms with E-state index in [2.05, 4.69) is 54.9 Å².